The highest BCUT2D eigenvalue weighted by Crippen LogP contribution is 2.42. The third kappa shape index (κ3) is 7.03. The smallest absolute Gasteiger partial charge is 0.0467 e. The van der Waals surface area contributed by atoms with Crippen LogP contribution in [-0.2, 0) is 0 Å². The summed E-state index contributed by atoms with van der Waals surface area (Å²) in [7, 11) is 0. The lowest BCUT2D eigenvalue weighted by molar-refractivity contribution is 1.28. The number of rotatable bonds is 8. The van der Waals surface area contributed by atoms with Crippen molar-refractivity contribution >= 4 is 49.4 Å². The Morgan fingerprint density at radius 1 is 0.197 bits per heavy atom. The fourth-order valence-electron chi connectivity index (χ4n) is 8.89. The lowest BCUT2D eigenvalue weighted by Crippen LogP contribution is -2.10. The number of fused-ring (bicyclic) bond motifs is 3. The van der Waals surface area contributed by atoms with E-state index < -0.39 is 0 Å². The number of nitrogens with zero attached hydrogens (tertiary/aromatic N) is 1. The largest absolute Gasteiger partial charge is 0.310 e. The van der Waals surface area contributed by atoms with Crippen LogP contribution in [0.1, 0.15) is 0 Å². The molecule has 11 aromatic rings. The second-order valence-electron chi connectivity index (χ2n) is 15.8. The van der Waals surface area contributed by atoms with Gasteiger partial charge < -0.3 is 4.90 Å². The van der Waals surface area contributed by atoms with Gasteiger partial charge in [-0.25, -0.2) is 0 Å². The van der Waals surface area contributed by atoms with E-state index in [9.17, 15) is 0 Å². The summed E-state index contributed by atoms with van der Waals surface area (Å²) in [6.45, 7) is 0. The summed E-state index contributed by atoms with van der Waals surface area (Å²) in [5.74, 6) is 0. The van der Waals surface area contributed by atoms with Crippen molar-refractivity contribution in [3.63, 3.8) is 0 Å². The molecule has 0 bridgehead atoms. The van der Waals surface area contributed by atoms with Gasteiger partial charge in [0.15, 0.2) is 0 Å². The maximum atomic E-state index is 2.38. The van der Waals surface area contributed by atoms with Gasteiger partial charge in [0.05, 0.1) is 0 Å². The first kappa shape index (κ1) is 36.1. The Hall–Kier alpha value is -8.00. The molecule has 0 unspecified atom stereocenters. The first-order chi connectivity index (χ1) is 30.2. The van der Waals surface area contributed by atoms with Crippen LogP contribution in [0.25, 0.3) is 88.0 Å². The van der Waals surface area contributed by atoms with Gasteiger partial charge in [0.2, 0.25) is 0 Å². The standard InChI is InChI=1S/C60H41N/c1-2-13-47(14-3-1)59-40-50-17-6-7-18-51(50)41-60(59)53-20-10-21-56(39-53)61(55-36-32-45(33-37-55)52-29-26-42-12-4-5-16-49(42)38-52)54-34-30-44(31-35-54)43-24-27-48(28-25-43)58-23-11-19-46-15-8-9-22-57(46)58/h1-41H. The highest BCUT2D eigenvalue weighted by molar-refractivity contribution is 5.98. The molecule has 0 fully saturated rings. The topological polar surface area (TPSA) is 3.24 Å². The Balaban J connectivity index is 0.989. The van der Waals surface area contributed by atoms with Crippen LogP contribution in [-0.4, -0.2) is 0 Å². The third-order valence-electron chi connectivity index (χ3n) is 12.0. The summed E-state index contributed by atoms with van der Waals surface area (Å²) < 4.78 is 0. The van der Waals surface area contributed by atoms with Crippen molar-refractivity contribution in [3.05, 3.63) is 249 Å². The minimum absolute atomic E-state index is 1.09. The molecule has 0 aliphatic rings. The Labute approximate surface area is 357 Å². The van der Waals surface area contributed by atoms with Crippen molar-refractivity contribution in [2.75, 3.05) is 4.90 Å². The van der Waals surface area contributed by atoms with Crippen molar-refractivity contribution in [2.45, 2.75) is 0 Å². The molecule has 0 amide bonds. The van der Waals surface area contributed by atoms with Crippen LogP contribution in [0.4, 0.5) is 17.1 Å². The van der Waals surface area contributed by atoms with Crippen LogP contribution in [0.15, 0.2) is 249 Å². The third-order valence-corrected chi connectivity index (χ3v) is 12.0. The van der Waals surface area contributed by atoms with E-state index in [2.05, 4.69) is 254 Å². The molecule has 0 radical (unpaired) electrons. The molecule has 0 heterocycles. The van der Waals surface area contributed by atoms with Gasteiger partial charge in [0.25, 0.3) is 0 Å². The van der Waals surface area contributed by atoms with Crippen LogP contribution in [0.3, 0.4) is 0 Å². The summed E-state index contributed by atoms with van der Waals surface area (Å²) in [6.07, 6.45) is 0. The molecule has 11 rings (SSSR count). The maximum Gasteiger partial charge on any atom is 0.0467 e. The predicted molar refractivity (Wildman–Crippen MR) is 261 cm³/mol. The van der Waals surface area contributed by atoms with Gasteiger partial charge in [-0.05, 0) is 143 Å². The van der Waals surface area contributed by atoms with E-state index in [0.29, 0.717) is 0 Å². The van der Waals surface area contributed by atoms with Gasteiger partial charge in [-0.1, -0.05) is 194 Å². The Kier molecular flexibility index (Phi) is 9.26. The second kappa shape index (κ2) is 15.6. The fourth-order valence-corrected chi connectivity index (χ4v) is 8.89. The van der Waals surface area contributed by atoms with E-state index in [1.54, 1.807) is 0 Å². The monoisotopic (exact) mass is 775 g/mol. The molecule has 0 aliphatic carbocycles. The molecule has 11 aromatic carbocycles. The molecule has 0 spiro atoms. The minimum atomic E-state index is 1.09. The summed E-state index contributed by atoms with van der Waals surface area (Å²) in [5, 5.41) is 7.48. The maximum absolute atomic E-state index is 2.38. The van der Waals surface area contributed by atoms with E-state index in [0.717, 1.165) is 17.1 Å². The Morgan fingerprint density at radius 2 is 0.639 bits per heavy atom. The Bertz CT molecular complexity index is 3320. The van der Waals surface area contributed by atoms with Crippen molar-refractivity contribution in [2.24, 2.45) is 0 Å². The predicted octanol–water partition coefficient (Wildman–Crippen LogP) is 17.0. The van der Waals surface area contributed by atoms with Gasteiger partial charge >= 0.3 is 0 Å². The molecule has 1 heteroatoms. The molecule has 61 heavy (non-hydrogen) atoms. The molecule has 0 atom stereocenters. The SMILES string of the molecule is c1ccc(-c2cc3ccccc3cc2-c2cccc(N(c3ccc(-c4ccc(-c5cccc6ccccc56)cc4)cc3)c3ccc(-c4ccc5ccccc5c4)cc3)c2)cc1. The normalized spacial score (nSPS) is 11.3. The lowest BCUT2D eigenvalue weighted by Gasteiger charge is -2.27. The lowest BCUT2D eigenvalue weighted by atomic mass is 9.91. The van der Waals surface area contributed by atoms with Crippen molar-refractivity contribution in [1.29, 1.82) is 0 Å². The fraction of sp³-hybridized carbons (Fsp3) is 0. The van der Waals surface area contributed by atoms with Gasteiger partial charge in [0, 0.05) is 17.1 Å². The summed E-state index contributed by atoms with van der Waals surface area (Å²) in [5.41, 5.74) is 15.3. The van der Waals surface area contributed by atoms with Crippen molar-refractivity contribution < 1.29 is 0 Å². The summed E-state index contributed by atoms with van der Waals surface area (Å²) in [6, 6.07) is 90.5. The van der Waals surface area contributed by atoms with Crippen LogP contribution >= 0.6 is 0 Å². The van der Waals surface area contributed by atoms with Gasteiger partial charge in [-0.2, -0.15) is 0 Å². The molecular formula is C60H41N. The average molecular weight is 776 g/mol. The molecule has 0 saturated heterocycles. The van der Waals surface area contributed by atoms with Crippen LogP contribution in [0.2, 0.25) is 0 Å². The molecule has 0 aliphatic heterocycles. The second-order valence-corrected chi connectivity index (χ2v) is 15.8. The molecule has 1 nitrogen and oxygen atoms in total. The van der Waals surface area contributed by atoms with E-state index in [1.165, 1.54) is 88.0 Å². The number of anilines is 3. The number of hydrogen-bond acceptors (Lipinski definition) is 1. The summed E-state index contributed by atoms with van der Waals surface area (Å²) in [4.78, 5) is 2.38. The zero-order valence-corrected chi connectivity index (χ0v) is 33.6. The zero-order valence-electron chi connectivity index (χ0n) is 33.6. The van der Waals surface area contributed by atoms with Crippen LogP contribution in [0, 0.1) is 0 Å². The van der Waals surface area contributed by atoms with Crippen molar-refractivity contribution in [1.82, 2.24) is 0 Å². The zero-order chi connectivity index (χ0) is 40.5. The van der Waals surface area contributed by atoms with Crippen LogP contribution < -0.4 is 4.90 Å². The van der Waals surface area contributed by atoms with Gasteiger partial charge in [0.1, 0.15) is 0 Å². The molecule has 0 saturated carbocycles. The van der Waals surface area contributed by atoms with Crippen molar-refractivity contribution in [3.8, 4) is 55.6 Å². The highest BCUT2D eigenvalue weighted by Gasteiger charge is 2.17. The molecular weight excluding hydrogens is 735 g/mol. The van der Waals surface area contributed by atoms with E-state index >= 15 is 0 Å². The van der Waals surface area contributed by atoms with Crippen LogP contribution in [0.5, 0.6) is 0 Å². The highest BCUT2D eigenvalue weighted by atomic mass is 15.1. The van der Waals surface area contributed by atoms with E-state index in [4.69, 9.17) is 0 Å². The molecule has 0 aromatic heterocycles. The first-order valence-electron chi connectivity index (χ1n) is 21.0. The average Bonchev–Trinajstić information content (AvgIpc) is 3.34. The minimum Gasteiger partial charge on any atom is -0.310 e. The first-order valence-corrected chi connectivity index (χ1v) is 21.0. The molecule has 0 N–H and O–H groups in total. The quantitative estimate of drug-likeness (QED) is 0.149. The van der Waals surface area contributed by atoms with Gasteiger partial charge in [-0.15, -0.1) is 0 Å². The van der Waals surface area contributed by atoms with Gasteiger partial charge in [-0.3, -0.25) is 0 Å². The number of benzene rings is 11. The summed E-state index contributed by atoms with van der Waals surface area (Å²) >= 11 is 0. The Morgan fingerprint density at radius 3 is 1.31 bits per heavy atom. The van der Waals surface area contributed by atoms with E-state index in [1.807, 2.05) is 0 Å². The van der Waals surface area contributed by atoms with E-state index in [-0.39, 0.29) is 0 Å². The molecule has 286 valence electrons. The number of hydrogen-bond donors (Lipinski definition) is 0.